The number of aromatic nitrogens is 4. The number of hydrogen-bond donors (Lipinski definition) is 2. The average Bonchev–Trinajstić information content (AvgIpc) is 2.62. The molecular weight excluding hydrogens is 358 g/mol. The molecular formula is C17H14F2N6O2. The number of anilines is 3. The fourth-order valence-corrected chi connectivity index (χ4v) is 2.24. The maximum atomic E-state index is 12.4. The van der Waals surface area contributed by atoms with Crippen LogP contribution >= 0.6 is 0 Å². The summed E-state index contributed by atoms with van der Waals surface area (Å²) >= 11 is 0. The van der Waals surface area contributed by atoms with Crippen LogP contribution in [0, 0.1) is 0 Å². The SMILES string of the molecule is CC(=O)Nc1cc(Nc2cccc(OC(F)F)n2)c(-c2ccncn2)cn1. The molecule has 0 atom stereocenters. The van der Waals surface area contributed by atoms with Gasteiger partial charge in [-0.15, -0.1) is 0 Å². The molecule has 0 saturated heterocycles. The third-order valence-electron chi connectivity index (χ3n) is 3.26. The van der Waals surface area contributed by atoms with Gasteiger partial charge in [-0.1, -0.05) is 6.07 Å². The van der Waals surface area contributed by atoms with Gasteiger partial charge in [-0.3, -0.25) is 4.79 Å². The zero-order valence-electron chi connectivity index (χ0n) is 14.1. The predicted molar refractivity (Wildman–Crippen MR) is 93.7 cm³/mol. The lowest BCUT2D eigenvalue weighted by Crippen LogP contribution is -2.08. The van der Waals surface area contributed by atoms with Crippen molar-refractivity contribution in [1.82, 2.24) is 19.9 Å². The Bertz CT molecular complexity index is 940. The van der Waals surface area contributed by atoms with Gasteiger partial charge >= 0.3 is 6.61 Å². The molecule has 0 radical (unpaired) electrons. The smallest absolute Gasteiger partial charge is 0.388 e. The molecule has 0 bridgehead atoms. The summed E-state index contributed by atoms with van der Waals surface area (Å²) in [6, 6.07) is 7.69. The van der Waals surface area contributed by atoms with Crippen LogP contribution in [0.3, 0.4) is 0 Å². The molecule has 0 unspecified atom stereocenters. The lowest BCUT2D eigenvalue weighted by atomic mass is 10.1. The molecule has 3 rings (SSSR count). The van der Waals surface area contributed by atoms with Gasteiger partial charge in [0.25, 0.3) is 0 Å². The number of amides is 1. The maximum Gasteiger partial charge on any atom is 0.388 e. The van der Waals surface area contributed by atoms with E-state index in [1.54, 1.807) is 24.4 Å². The molecule has 3 aromatic rings. The van der Waals surface area contributed by atoms with Crippen LogP contribution in [0.4, 0.5) is 26.1 Å². The summed E-state index contributed by atoms with van der Waals surface area (Å²) in [6.45, 7) is -1.61. The van der Waals surface area contributed by atoms with E-state index in [1.807, 2.05) is 0 Å². The predicted octanol–water partition coefficient (Wildman–Crippen LogP) is 3.24. The number of ether oxygens (including phenoxy) is 1. The van der Waals surface area contributed by atoms with Crippen molar-refractivity contribution in [3.8, 4) is 17.1 Å². The molecule has 0 aromatic carbocycles. The summed E-state index contributed by atoms with van der Waals surface area (Å²) in [4.78, 5) is 27.5. The highest BCUT2D eigenvalue weighted by atomic mass is 19.3. The van der Waals surface area contributed by atoms with Crippen LogP contribution in [0.1, 0.15) is 6.92 Å². The number of carbonyl (C=O) groups excluding carboxylic acids is 1. The highest BCUT2D eigenvalue weighted by Crippen LogP contribution is 2.30. The topological polar surface area (TPSA) is 102 Å². The van der Waals surface area contributed by atoms with E-state index < -0.39 is 6.61 Å². The summed E-state index contributed by atoms with van der Waals surface area (Å²) in [7, 11) is 0. The van der Waals surface area contributed by atoms with E-state index in [2.05, 4.69) is 35.3 Å². The standard InChI is InChI=1S/C17H14F2N6O2/c1-10(26)23-15-7-13(11(8-21-15)12-5-6-20-9-22-12)24-14-3-2-4-16(25-14)27-17(18)19/h2-9,17H,1H3,(H2,21,23,24,25,26). The van der Waals surface area contributed by atoms with E-state index in [9.17, 15) is 13.6 Å². The molecule has 27 heavy (non-hydrogen) atoms. The summed E-state index contributed by atoms with van der Waals surface area (Å²) in [5.74, 6) is 0.0645. The fourth-order valence-electron chi connectivity index (χ4n) is 2.24. The van der Waals surface area contributed by atoms with Crippen molar-refractivity contribution in [2.75, 3.05) is 10.6 Å². The van der Waals surface area contributed by atoms with E-state index >= 15 is 0 Å². The van der Waals surface area contributed by atoms with Gasteiger partial charge in [-0.25, -0.2) is 15.0 Å². The molecule has 3 heterocycles. The number of halogens is 2. The highest BCUT2D eigenvalue weighted by molar-refractivity contribution is 5.89. The molecule has 8 nitrogen and oxygen atoms in total. The second-order valence-corrected chi connectivity index (χ2v) is 5.26. The number of alkyl halides is 2. The van der Waals surface area contributed by atoms with E-state index in [0.29, 0.717) is 22.8 Å². The maximum absolute atomic E-state index is 12.4. The van der Waals surface area contributed by atoms with Crippen LogP contribution in [-0.4, -0.2) is 32.5 Å². The molecule has 1 amide bonds. The Morgan fingerprint density at radius 1 is 1.19 bits per heavy atom. The molecule has 0 aliphatic carbocycles. The summed E-state index contributed by atoms with van der Waals surface area (Å²) in [5.41, 5.74) is 1.69. The van der Waals surface area contributed by atoms with Crippen LogP contribution in [0.2, 0.25) is 0 Å². The molecule has 0 aliphatic heterocycles. The first kappa shape index (κ1) is 18.1. The minimum Gasteiger partial charge on any atom is -0.417 e. The van der Waals surface area contributed by atoms with E-state index in [4.69, 9.17) is 0 Å². The van der Waals surface area contributed by atoms with Gasteiger partial charge in [-0.05, 0) is 12.1 Å². The zero-order chi connectivity index (χ0) is 19.2. The van der Waals surface area contributed by atoms with Crippen molar-refractivity contribution in [2.45, 2.75) is 13.5 Å². The molecule has 3 aromatic heterocycles. The first-order valence-electron chi connectivity index (χ1n) is 7.74. The number of nitrogens with one attached hydrogen (secondary N) is 2. The first-order valence-corrected chi connectivity index (χ1v) is 7.74. The van der Waals surface area contributed by atoms with Gasteiger partial charge < -0.3 is 15.4 Å². The monoisotopic (exact) mass is 372 g/mol. The molecule has 0 saturated carbocycles. The Balaban J connectivity index is 1.97. The lowest BCUT2D eigenvalue weighted by molar-refractivity contribution is -0.114. The van der Waals surface area contributed by atoms with Crippen molar-refractivity contribution in [3.63, 3.8) is 0 Å². The number of nitrogens with zero attached hydrogens (tertiary/aromatic N) is 4. The molecule has 0 fully saturated rings. The van der Waals surface area contributed by atoms with E-state index in [0.717, 1.165) is 0 Å². The van der Waals surface area contributed by atoms with Crippen molar-refractivity contribution in [2.24, 2.45) is 0 Å². The van der Waals surface area contributed by atoms with E-state index in [1.165, 1.54) is 31.6 Å². The Hall–Kier alpha value is -3.69. The largest absolute Gasteiger partial charge is 0.417 e. The Labute approximate surface area is 152 Å². The number of rotatable bonds is 6. The second-order valence-electron chi connectivity index (χ2n) is 5.26. The summed E-state index contributed by atoms with van der Waals surface area (Å²) in [5, 5.41) is 5.59. The third kappa shape index (κ3) is 4.91. The van der Waals surface area contributed by atoms with Crippen LogP contribution in [0.5, 0.6) is 5.88 Å². The number of pyridine rings is 2. The quantitative estimate of drug-likeness (QED) is 0.685. The van der Waals surface area contributed by atoms with Crippen LogP contribution < -0.4 is 15.4 Å². The van der Waals surface area contributed by atoms with Crippen LogP contribution in [-0.2, 0) is 4.79 Å². The third-order valence-corrected chi connectivity index (χ3v) is 3.26. The number of carbonyl (C=O) groups is 1. The molecule has 10 heteroatoms. The number of hydrogen-bond acceptors (Lipinski definition) is 7. The average molecular weight is 372 g/mol. The normalized spacial score (nSPS) is 10.5. The molecule has 0 aliphatic rings. The zero-order valence-corrected chi connectivity index (χ0v) is 14.1. The first-order chi connectivity index (χ1) is 13.0. The van der Waals surface area contributed by atoms with Crippen molar-refractivity contribution in [1.29, 1.82) is 0 Å². The fraction of sp³-hybridized carbons (Fsp3) is 0.118. The summed E-state index contributed by atoms with van der Waals surface area (Å²) in [6.07, 6.45) is 4.48. The Morgan fingerprint density at radius 3 is 2.74 bits per heavy atom. The van der Waals surface area contributed by atoms with Gasteiger partial charge in [0, 0.05) is 37.0 Å². The lowest BCUT2D eigenvalue weighted by Gasteiger charge is -2.13. The van der Waals surface area contributed by atoms with Gasteiger partial charge in [0.05, 0.1) is 11.4 Å². The van der Waals surface area contributed by atoms with Crippen LogP contribution in [0.15, 0.2) is 49.1 Å². The molecule has 2 N–H and O–H groups in total. The van der Waals surface area contributed by atoms with E-state index in [-0.39, 0.29) is 17.6 Å². The minimum atomic E-state index is -2.98. The second kappa shape index (κ2) is 8.13. The van der Waals surface area contributed by atoms with Crippen molar-refractivity contribution in [3.05, 3.63) is 49.1 Å². The molecule has 0 spiro atoms. The van der Waals surface area contributed by atoms with Gasteiger partial charge in [0.15, 0.2) is 0 Å². The van der Waals surface area contributed by atoms with Gasteiger partial charge in [0.2, 0.25) is 11.8 Å². The minimum absolute atomic E-state index is 0.227. The van der Waals surface area contributed by atoms with Crippen molar-refractivity contribution >= 4 is 23.2 Å². The van der Waals surface area contributed by atoms with Crippen LogP contribution in [0.25, 0.3) is 11.3 Å². The van der Waals surface area contributed by atoms with Crippen molar-refractivity contribution < 1.29 is 18.3 Å². The summed E-state index contributed by atoms with van der Waals surface area (Å²) < 4.78 is 29.1. The van der Waals surface area contributed by atoms with Gasteiger partial charge in [0.1, 0.15) is 18.0 Å². The van der Waals surface area contributed by atoms with Gasteiger partial charge in [-0.2, -0.15) is 13.8 Å². The highest BCUT2D eigenvalue weighted by Gasteiger charge is 2.12. The Morgan fingerprint density at radius 2 is 2.04 bits per heavy atom. The molecule has 138 valence electrons. The Kier molecular flexibility index (Phi) is 5.45.